The average Bonchev–Trinajstić information content (AvgIpc) is 4.10. The summed E-state index contributed by atoms with van der Waals surface area (Å²) in [5.41, 5.74) is 11.4. The van der Waals surface area contributed by atoms with Gasteiger partial charge in [-0.25, -0.2) is 15.0 Å². The zero-order valence-electron chi connectivity index (χ0n) is 36.9. The van der Waals surface area contributed by atoms with Gasteiger partial charge in [-0.05, 0) is 86.6 Å². The van der Waals surface area contributed by atoms with Crippen molar-refractivity contribution in [1.82, 2.24) is 19.5 Å². The number of benzene rings is 11. The van der Waals surface area contributed by atoms with Crippen LogP contribution in [0.4, 0.5) is 0 Å². The van der Waals surface area contributed by atoms with E-state index in [0.717, 1.165) is 99.2 Å². The van der Waals surface area contributed by atoms with Crippen molar-refractivity contribution in [1.29, 1.82) is 0 Å². The van der Waals surface area contributed by atoms with Crippen molar-refractivity contribution in [2.45, 2.75) is 0 Å². The molecule has 0 spiro atoms. The van der Waals surface area contributed by atoms with Crippen LogP contribution >= 0.6 is 0 Å². The van der Waals surface area contributed by atoms with E-state index in [-0.39, 0.29) is 0 Å². The molecule has 11 aromatic carbocycles. The largest absolute Gasteiger partial charge is 0.456 e. The van der Waals surface area contributed by atoms with E-state index in [4.69, 9.17) is 23.8 Å². The fourth-order valence-corrected chi connectivity index (χ4v) is 10.7. The lowest BCUT2D eigenvalue weighted by Gasteiger charge is -2.11. The summed E-state index contributed by atoms with van der Waals surface area (Å²) in [6.45, 7) is 0. The van der Waals surface area contributed by atoms with Crippen LogP contribution < -0.4 is 0 Å². The van der Waals surface area contributed by atoms with Crippen molar-refractivity contribution in [3.8, 4) is 51.0 Å². The average molecular weight is 881 g/mol. The van der Waals surface area contributed by atoms with Gasteiger partial charge in [0, 0.05) is 54.4 Å². The summed E-state index contributed by atoms with van der Waals surface area (Å²) in [5.74, 6) is 1.72. The molecular formula is C63H36N4O2. The first-order chi connectivity index (χ1) is 34.2. The third-order valence-corrected chi connectivity index (χ3v) is 14.0. The Morgan fingerprint density at radius 1 is 0.304 bits per heavy atom. The lowest BCUT2D eigenvalue weighted by Crippen LogP contribution is -2.00. The van der Waals surface area contributed by atoms with Gasteiger partial charge >= 0.3 is 0 Å². The van der Waals surface area contributed by atoms with E-state index in [9.17, 15) is 0 Å². The van der Waals surface area contributed by atoms with Crippen LogP contribution in [0.3, 0.4) is 0 Å². The fraction of sp³-hybridized carbons (Fsp3) is 0. The van der Waals surface area contributed by atoms with Crippen molar-refractivity contribution in [2.75, 3.05) is 0 Å². The van der Waals surface area contributed by atoms with Crippen LogP contribution in [0.15, 0.2) is 227 Å². The molecule has 0 aliphatic heterocycles. The maximum absolute atomic E-state index is 7.04. The van der Waals surface area contributed by atoms with Gasteiger partial charge in [0.25, 0.3) is 0 Å². The maximum atomic E-state index is 7.04. The summed E-state index contributed by atoms with van der Waals surface area (Å²) in [5, 5.41) is 13.6. The number of furan rings is 2. The Hall–Kier alpha value is -9.39. The molecule has 4 aromatic heterocycles. The summed E-state index contributed by atoms with van der Waals surface area (Å²) in [7, 11) is 0. The molecule has 0 radical (unpaired) electrons. The molecule has 0 aliphatic carbocycles. The highest BCUT2D eigenvalue weighted by Gasteiger charge is 2.22. The van der Waals surface area contributed by atoms with E-state index in [1.54, 1.807) is 0 Å². The van der Waals surface area contributed by atoms with Crippen molar-refractivity contribution >= 4 is 98.0 Å². The van der Waals surface area contributed by atoms with E-state index < -0.39 is 0 Å². The quantitative estimate of drug-likeness (QED) is 0.172. The van der Waals surface area contributed by atoms with Gasteiger partial charge in [-0.3, -0.25) is 0 Å². The molecule has 0 saturated carbocycles. The zero-order valence-corrected chi connectivity index (χ0v) is 36.9. The van der Waals surface area contributed by atoms with Gasteiger partial charge in [0.1, 0.15) is 16.7 Å². The summed E-state index contributed by atoms with van der Waals surface area (Å²) in [6, 6.07) is 76.9. The van der Waals surface area contributed by atoms with Crippen LogP contribution in [0, 0.1) is 0 Å². The van der Waals surface area contributed by atoms with Crippen LogP contribution in [-0.2, 0) is 0 Å². The minimum absolute atomic E-state index is 0.563. The number of fused-ring (bicyclic) bond motifs is 14. The number of hydrogen-bond donors (Lipinski definition) is 0. The van der Waals surface area contributed by atoms with Gasteiger partial charge < -0.3 is 13.4 Å². The lowest BCUT2D eigenvalue weighted by atomic mass is 10.0. The molecule has 6 nitrogen and oxygen atoms in total. The highest BCUT2D eigenvalue weighted by atomic mass is 16.3. The molecular weight excluding hydrogens is 845 g/mol. The van der Waals surface area contributed by atoms with Gasteiger partial charge in [-0.2, -0.15) is 0 Å². The molecule has 320 valence electrons. The Labute approximate surface area is 394 Å². The normalized spacial score (nSPS) is 12.1. The van der Waals surface area contributed by atoms with Crippen LogP contribution in [-0.4, -0.2) is 19.5 Å². The maximum Gasteiger partial charge on any atom is 0.164 e. The highest BCUT2D eigenvalue weighted by molar-refractivity contribution is 6.24. The number of rotatable bonds is 5. The number of hydrogen-bond acceptors (Lipinski definition) is 5. The lowest BCUT2D eigenvalue weighted by molar-refractivity contribution is 0.666. The molecule has 0 N–H and O–H groups in total. The first-order valence-electron chi connectivity index (χ1n) is 23.2. The molecule has 4 heterocycles. The Morgan fingerprint density at radius 3 is 1.72 bits per heavy atom. The van der Waals surface area contributed by atoms with E-state index in [1.165, 1.54) is 32.3 Å². The molecule has 0 bridgehead atoms. The molecule has 0 fully saturated rings. The van der Waals surface area contributed by atoms with E-state index in [1.807, 2.05) is 30.3 Å². The predicted molar refractivity (Wildman–Crippen MR) is 283 cm³/mol. The smallest absolute Gasteiger partial charge is 0.164 e. The number of para-hydroxylation sites is 2. The first kappa shape index (κ1) is 37.8. The number of nitrogens with zero attached hydrogens (tertiary/aromatic N) is 4. The Bertz CT molecular complexity index is 4600. The van der Waals surface area contributed by atoms with Crippen LogP contribution in [0.2, 0.25) is 0 Å². The molecule has 15 aromatic rings. The Balaban J connectivity index is 0.935. The van der Waals surface area contributed by atoms with Gasteiger partial charge in [-0.1, -0.05) is 170 Å². The molecule has 69 heavy (non-hydrogen) atoms. The van der Waals surface area contributed by atoms with Crippen molar-refractivity contribution in [3.63, 3.8) is 0 Å². The Kier molecular flexibility index (Phi) is 7.97. The molecule has 15 rings (SSSR count). The van der Waals surface area contributed by atoms with E-state index in [2.05, 4.69) is 193 Å². The van der Waals surface area contributed by atoms with Gasteiger partial charge in [0.2, 0.25) is 0 Å². The minimum atomic E-state index is 0.563. The predicted octanol–water partition coefficient (Wildman–Crippen LogP) is 16.9. The van der Waals surface area contributed by atoms with Gasteiger partial charge in [0.05, 0.1) is 16.7 Å². The van der Waals surface area contributed by atoms with Crippen LogP contribution in [0.5, 0.6) is 0 Å². The van der Waals surface area contributed by atoms with Crippen LogP contribution in [0.25, 0.3) is 149 Å². The first-order valence-corrected chi connectivity index (χ1v) is 23.2. The van der Waals surface area contributed by atoms with Crippen molar-refractivity contribution in [2.24, 2.45) is 0 Å². The van der Waals surface area contributed by atoms with Gasteiger partial charge in [0.15, 0.2) is 23.1 Å². The van der Waals surface area contributed by atoms with E-state index in [0.29, 0.717) is 17.5 Å². The van der Waals surface area contributed by atoms with E-state index >= 15 is 0 Å². The summed E-state index contributed by atoms with van der Waals surface area (Å²) < 4.78 is 15.8. The molecule has 0 saturated heterocycles. The van der Waals surface area contributed by atoms with Gasteiger partial charge in [-0.15, -0.1) is 0 Å². The summed E-state index contributed by atoms with van der Waals surface area (Å²) >= 11 is 0. The second kappa shape index (κ2) is 14.6. The Morgan fingerprint density at radius 2 is 0.884 bits per heavy atom. The zero-order chi connectivity index (χ0) is 45.2. The second-order valence-electron chi connectivity index (χ2n) is 17.9. The monoisotopic (exact) mass is 880 g/mol. The molecule has 0 atom stereocenters. The highest BCUT2D eigenvalue weighted by Crippen LogP contribution is 2.44. The summed E-state index contributed by atoms with van der Waals surface area (Å²) in [6.07, 6.45) is 0. The van der Waals surface area contributed by atoms with Crippen molar-refractivity contribution in [3.05, 3.63) is 218 Å². The second-order valence-corrected chi connectivity index (χ2v) is 17.9. The molecule has 6 heteroatoms. The minimum Gasteiger partial charge on any atom is -0.456 e. The fourth-order valence-electron chi connectivity index (χ4n) is 10.7. The third kappa shape index (κ3) is 5.82. The molecule has 0 amide bonds. The number of aromatic nitrogens is 4. The molecule has 0 aliphatic rings. The SMILES string of the molecule is c1ccc(-c2ccc(-c3nc(-c4ccc5c(c4)oc4ccccc45)nc(-c4ccc5ccc6oc7c(-n8c9cc%10ccccc%10cc9c9ccc%10ccccc%10c98)cccc7c6c5c4)n3)cc2)cc1. The van der Waals surface area contributed by atoms with Crippen molar-refractivity contribution < 1.29 is 8.83 Å². The topological polar surface area (TPSA) is 69.9 Å². The van der Waals surface area contributed by atoms with Crippen LogP contribution in [0.1, 0.15) is 0 Å². The molecule has 0 unspecified atom stereocenters. The third-order valence-electron chi connectivity index (χ3n) is 14.0. The summed E-state index contributed by atoms with van der Waals surface area (Å²) in [4.78, 5) is 15.6. The standard InChI is InChI=1S/C63H36N4O2/c1-2-11-37(12-3-1)38-21-24-41(25-22-38)61-64-62(66-63(65-61)45-28-30-48-47-17-8-9-20-55(47)68-57(48)36-45)44-26-23-40-29-32-56-58(51(40)34-44)50-18-10-19-53(60(50)69-56)67-54-35-43-15-5-4-14-42(43)33-52(54)49-31-27-39-13-6-7-16-46(39)59(49)67/h1-36H.